The number of Topliss-reactive ketones (excluding diaryl/α,β-unsaturated/α-hetero) is 1. The molecule has 0 amide bonds. The normalized spacial score (nSPS) is 14.1. The first kappa shape index (κ1) is 20.6. The molecule has 30 heavy (non-hydrogen) atoms. The predicted molar refractivity (Wildman–Crippen MR) is 109 cm³/mol. The number of carbonyl (C=O) groups excluding carboxylic acids is 2. The van der Waals surface area contributed by atoms with Crippen LogP contribution < -0.4 is 4.72 Å². The molecule has 0 fully saturated rings. The van der Waals surface area contributed by atoms with Gasteiger partial charge >= 0.3 is 0 Å². The number of rotatable bonds is 6. The number of carbonyl (C=O) groups is 2. The van der Waals surface area contributed by atoms with Crippen molar-refractivity contribution in [1.29, 1.82) is 0 Å². The Bertz CT molecular complexity index is 1360. The average molecular weight is 423 g/mol. The number of hydrogen-bond acceptors (Lipinski definition) is 6. The lowest BCUT2D eigenvalue weighted by atomic mass is 10.0. The second kappa shape index (κ2) is 8.10. The summed E-state index contributed by atoms with van der Waals surface area (Å²) in [6.45, 7) is 1.84. The largest absolute Gasteiger partial charge is 0.286 e. The highest BCUT2D eigenvalue weighted by molar-refractivity contribution is 7.97. The van der Waals surface area contributed by atoms with Gasteiger partial charge in [-0.1, -0.05) is 47.5 Å². The summed E-state index contributed by atoms with van der Waals surface area (Å²) >= 11 is 0. The molecule has 0 aliphatic heterocycles. The van der Waals surface area contributed by atoms with Crippen molar-refractivity contribution < 1.29 is 18.0 Å². The van der Waals surface area contributed by atoms with Crippen molar-refractivity contribution in [3.05, 3.63) is 85.2 Å². The Balaban J connectivity index is 2.22. The summed E-state index contributed by atoms with van der Waals surface area (Å²) in [5.74, 6) is -2.62. The molecule has 2 aromatic rings. The maximum atomic E-state index is 13.1. The number of fused-ring (bicyclic) bond motifs is 1. The van der Waals surface area contributed by atoms with Crippen LogP contribution in [0.3, 0.4) is 0 Å². The SMILES string of the molecule is CCc1c(NS(=O)(=O)C2=C(N=[N+]=[N-])C(N=[N+]=[N-])=CC(=O)C2=O)ccc2ccccc12. The first-order valence-corrected chi connectivity index (χ1v) is 10.0. The second-order valence-corrected chi connectivity index (χ2v) is 7.67. The molecule has 1 aliphatic rings. The summed E-state index contributed by atoms with van der Waals surface area (Å²) in [4.78, 5) is 28.2. The Morgan fingerprint density at radius 3 is 2.40 bits per heavy atom. The molecule has 0 radical (unpaired) electrons. The number of benzene rings is 2. The quantitative estimate of drug-likeness (QED) is 0.243. The van der Waals surface area contributed by atoms with E-state index in [0.717, 1.165) is 10.8 Å². The molecule has 11 nitrogen and oxygen atoms in total. The molecule has 0 saturated heterocycles. The molecule has 0 unspecified atom stereocenters. The van der Waals surface area contributed by atoms with Gasteiger partial charge in [0, 0.05) is 9.82 Å². The Hall–Kier alpha value is -4.11. The lowest BCUT2D eigenvalue weighted by Crippen LogP contribution is -2.29. The van der Waals surface area contributed by atoms with E-state index >= 15 is 0 Å². The minimum absolute atomic E-state index is 0.198. The van der Waals surface area contributed by atoms with Crippen molar-refractivity contribution >= 4 is 38.0 Å². The minimum atomic E-state index is -4.67. The lowest BCUT2D eigenvalue weighted by Gasteiger charge is -2.18. The summed E-state index contributed by atoms with van der Waals surface area (Å²) in [6, 6.07) is 10.6. The van der Waals surface area contributed by atoms with E-state index in [2.05, 4.69) is 24.8 Å². The molecule has 1 aliphatic carbocycles. The van der Waals surface area contributed by atoms with E-state index in [1.165, 1.54) is 6.07 Å². The van der Waals surface area contributed by atoms with Gasteiger partial charge in [0.15, 0.2) is 0 Å². The molecule has 2 aromatic carbocycles. The van der Waals surface area contributed by atoms with Crippen molar-refractivity contribution in [3.63, 3.8) is 0 Å². The van der Waals surface area contributed by atoms with Crippen LogP contribution in [-0.4, -0.2) is 20.0 Å². The smallest absolute Gasteiger partial charge is 0.266 e. The topological polar surface area (TPSA) is 178 Å². The van der Waals surface area contributed by atoms with Gasteiger partial charge < -0.3 is 0 Å². The highest BCUT2D eigenvalue weighted by atomic mass is 32.2. The zero-order valence-electron chi connectivity index (χ0n) is 15.5. The van der Waals surface area contributed by atoms with Gasteiger partial charge in [0.25, 0.3) is 10.0 Å². The van der Waals surface area contributed by atoms with Gasteiger partial charge in [0.2, 0.25) is 11.6 Å². The van der Waals surface area contributed by atoms with Crippen molar-refractivity contribution in [3.8, 4) is 0 Å². The fourth-order valence-corrected chi connectivity index (χ4v) is 4.44. The molecule has 3 rings (SSSR count). The lowest BCUT2D eigenvalue weighted by molar-refractivity contribution is -0.131. The van der Waals surface area contributed by atoms with Crippen molar-refractivity contribution in [2.24, 2.45) is 10.2 Å². The van der Waals surface area contributed by atoms with Gasteiger partial charge in [-0.2, -0.15) is 0 Å². The predicted octanol–water partition coefficient (Wildman–Crippen LogP) is 4.01. The van der Waals surface area contributed by atoms with Gasteiger partial charge in [-0.05, 0) is 46.0 Å². The maximum Gasteiger partial charge on any atom is 0.266 e. The monoisotopic (exact) mass is 423 g/mol. The van der Waals surface area contributed by atoms with E-state index in [4.69, 9.17) is 11.1 Å². The number of anilines is 1. The Kier molecular flexibility index (Phi) is 5.56. The molecule has 0 aromatic heterocycles. The van der Waals surface area contributed by atoms with E-state index in [0.29, 0.717) is 18.1 Å². The zero-order valence-corrected chi connectivity index (χ0v) is 16.3. The van der Waals surface area contributed by atoms with E-state index in [-0.39, 0.29) is 5.69 Å². The van der Waals surface area contributed by atoms with Crippen LogP contribution >= 0.6 is 0 Å². The molecule has 150 valence electrons. The maximum absolute atomic E-state index is 13.1. The summed E-state index contributed by atoms with van der Waals surface area (Å²) in [7, 11) is -4.67. The van der Waals surface area contributed by atoms with Gasteiger partial charge in [-0.25, -0.2) is 8.42 Å². The molecule has 0 atom stereocenters. The number of azide groups is 2. The molecular formula is C18H13N7O4S. The van der Waals surface area contributed by atoms with Crippen molar-refractivity contribution in [1.82, 2.24) is 0 Å². The Labute approximate surface area is 170 Å². The highest BCUT2D eigenvalue weighted by Gasteiger charge is 2.37. The van der Waals surface area contributed by atoms with Crippen LogP contribution in [0.2, 0.25) is 0 Å². The number of allylic oxidation sites excluding steroid dienone is 2. The van der Waals surface area contributed by atoms with Gasteiger partial charge in [0.1, 0.15) is 4.91 Å². The molecule has 1 N–H and O–H groups in total. The van der Waals surface area contributed by atoms with Crippen LogP contribution in [0.5, 0.6) is 0 Å². The van der Waals surface area contributed by atoms with Crippen molar-refractivity contribution in [2.75, 3.05) is 4.72 Å². The standard InChI is InChI=1S/C18H13N7O4S/c1-2-11-12-6-4-3-5-10(12)7-8-13(11)23-30(28,29)18-16(22-25-20)14(21-24-19)9-15(26)17(18)27/h3-9,23H,2H2,1H3. The van der Waals surface area contributed by atoms with Gasteiger partial charge in [-0.3, -0.25) is 14.3 Å². The molecule has 0 saturated carbocycles. The summed E-state index contributed by atoms with van der Waals surface area (Å²) in [5.41, 5.74) is 17.0. The number of sulfonamides is 1. The van der Waals surface area contributed by atoms with Crippen molar-refractivity contribution in [2.45, 2.75) is 13.3 Å². The fraction of sp³-hybridized carbons (Fsp3) is 0.111. The van der Waals surface area contributed by atoms with Crippen LogP contribution in [0.4, 0.5) is 5.69 Å². The van der Waals surface area contributed by atoms with Crippen LogP contribution in [0.15, 0.2) is 69.0 Å². The summed E-state index contributed by atoms with van der Waals surface area (Å²) < 4.78 is 28.4. The van der Waals surface area contributed by atoms with E-state index in [1.807, 2.05) is 31.2 Å². The zero-order chi connectivity index (χ0) is 21.9. The number of ketones is 2. The molecule has 12 heteroatoms. The highest BCUT2D eigenvalue weighted by Crippen LogP contribution is 2.32. The third-order valence-corrected chi connectivity index (χ3v) is 5.76. The van der Waals surface area contributed by atoms with Gasteiger partial charge in [-0.15, -0.1) is 0 Å². The van der Waals surface area contributed by atoms with Gasteiger partial charge in [0.05, 0.1) is 17.1 Å². The average Bonchev–Trinajstić information content (AvgIpc) is 2.71. The third kappa shape index (κ3) is 3.61. The van der Waals surface area contributed by atoms with E-state index < -0.39 is 37.9 Å². The number of nitrogens with zero attached hydrogens (tertiary/aromatic N) is 6. The van der Waals surface area contributed by atoms with E-state index in [9.17, 15) is 18.0 Å². The number of hydrogen-bond donors (Lipinski definition) is 1. The fourth-order valence-electron chi connectivity index (χ4n) is 3.12. The molecular weight excluding hydrogens is 410 g/mol. The first-order valence-electron chi connectivity index (χ1n) is 8.52. The molecule has 0 spiro atoms. The first-order chi connectivity index (χ1) is 14.3. The summed E-state index contributed by atoms with van der Waals surface area (Å²) in [5, 5.41) is 8.06. The minimum Gasteiger partial charge on any atom is -0.286 e. The number of aryl methyl sites for hydroxylation is 1. The Morgan fingerprint density at radius 2 is 1.73 bits per heavy atom. The van der Waals surface area contributed by atoms with E-state index in [1.54, 1.807) is 6.07 Å². The van der Waals surface area contributed by atoms with Crippen LogP contribution in [0, 0.1) is 0 Å². The third-order valence-electron chi connectivity index (χ3n) is 4.36. The Morgan fingerprint density at radius 1 is 1.03 bits per heavy atom. The summed E-state index contributed by atoms with van der Waals surface area (Å²) in [6.07, 6.45) is 1.09. The molecule has 0 heterocycles. The second-order valence-electron chi connectivity index (χ2n) is 6.05. The van der Waals surface area contributed by atoms with Crippen LogP contribution in [-0.2, 0) is 26.0 Å². The number of nitrogens with one attached hydrogen (secondary N) is 1. The van der Waals surface area contributed by atoms with Crippen LogP contribution in [0.1, 0.15) is 12.5 Å². The molecule has 0 bridgehead atoms. The van der Waals surface area contributed by atoms with Crippen LogP contribution in [0.25, 0.3) is 31.7 Å².